The number of piperidine rings is 1. The van der Waals surface area contributed by atoms with Crippen LogP contribution >= 0.6 is 12.2 Å². The van der Waals surface area contributed by atoms with Crippen LogP contribution in [0.15, 0.2) is 12.1 Å². The summed E-state index contributed by atoms with van der Waals surface area (Å²) in [7, 11) is 0. The molecular weight excluding hydrogens is 324 g/mol. The number of nitrogens with one attached hydrogen (secondary N) is 1. The van der Waals surface area contributed by atoms with Gasteiger partial charge >= 0.3 is 0 Å². The smallest absolute Gasteiger partial charge is 0.272 e. The molecular formula is C13H12F4N2O2S. The molecule has 1 aromatic carbocycles. The van der Waals surface area contributed by atoms with E-state index in [0.29, 0.717) is 6.07 Å². The van der Waals surface area contributed by atoms with Gasteiger partial charge in [-0.1, -0.05) is 12.2 Å². The first kappa shape index (κ1) is 16.6. The van der Waals surface area contributed by atoms with Crippen molar-refractivity contribution in [3.8, 4) is 0 Å². The number of nitro benzene ring substituents is 1. The zero-order valence-electron chi connectivity index (χ0n) is 11.5. The number of nitrogens with zero attached hydrogens (tertiary/aromatic N) is 1. The normalized spacial score (nSPS) is 28.3. The monoisotopic (exact) mass is 336 g/mol. The number of halogens is 4. The minimum Gasteiger partial charge on any atom is -0.368 e. The Morgan fingerprint density at radius 1 is 1.41 bits per heavy atom. The molecule has 120 valence electrons. The van der Waals surface area contributed by atoms with E-state index in [2.05, 4.69) is 5.32 Å². The van der Waals surface area contributed by atoms with Crippen LogP contribution in [0.3, 0.4) is 0 Å². The summed E-state index contributed by atoms with van der Waals surface area (Å²) >= 11 is 4.77. The lowest BCUT2D eigenvalue weighted by atomic mass is 9.79. The van der Waals surface area contributed by atoms with E-state index in [-0.39, 0.29) is 18.4 Å². The van der Waals surface area contributed by atoms with E-state index in [4.69, 9.17) is 12.2 Å². The van der Waals surface area contributed by atoms with Crippen LogP contribution in [0.5, 0.6) is 0 Å². The number of non-ortho nitro benzene ring substituents is 1. The van der Waals surface area contributed by atoms with Crippen LogP contribution in [0.1, 0.15) is 25.3 Å². The summed E-state index contributed by atoms with van der Waals surface area (Å²) in [4.78, 5) is 9.45. The van der Waals surface area contributed by atoms with E-state index in [9.17, 15) is 27.7 Å². The van der Waals surface area contributed by atoms with Gasteiger partial charge in [0.25, 0.3) is 5.69 Å². The van der Waals surface area contributed by atoms with Gasteiger partial charge in [-0.2, -0.15) is 0 Å². The highest BCUT2D eigenvalue weighted by Crippen LogP contribution is 2.39. The average Bonchev–Trinajstić information content (AvgIpc) is 2.46. The number of alkyl halides is 2. The Balaban J connectivity index is 2.48. The van der Waals surface area contributed by atoms with Crippen molar-refractivity contribution in [3.63, 3.8) is 0 Å². The van der Waals surface area contributed by atoms with Crippen molar-refractivity contribution >= 4 is 22.9 Å². The van der Waals surface area contributed by atoms with Crippen LogP contribution in [0.25, 0.3) is 0 Å². The van der Waals surface area contributed by atoms with Crippen LogP contribution < -0.4 is 5.32 Å². The number of hydrogen-bond donors (Lipinski definition) is 1. The number of benzene rings is 1. The van der Waals surface area contributed by atoms with Gasteiger partial charge in [-0.15, -0.1) is 0 Å². The molecule has 1 N–H and O–H groups in total. The Kier molecular flexibility index (Phi) is 4.12. The van der Waals surface area contributed by atoms with Gasteiger partial charge in [0.1, 0.15) is 11.7 Å². The average molecular weight is 336 g/mol. The van der Waals surface area contributed by atoms with E-state index in [1.54, 1.807) is 0 Å². The molecule has 1 aliphatic rings. The Morgan fingerprint density at radius 3 is 2.55 bits per heavy atom. The molecule has 0 unspecified atom stereocenters. The molecule has 1 saturated heterocycles. The summed E-state index contributed by atoms with van der Waals surface area (Å²) in [6.45, 7) is 0.0688. The Hall–Kier alpha value is -1.77. The first-order valence-electron chi connectivity index (χ1n) is 6.34. The molecule has 1 heterocycles. The van der Waals surface area contributed by atoms with Gasteiger partial charge in [0.15, 0.2) is 17.3 Å². The molecule has 0 radical (unpaired) electrons. The molecule has 1 aromatic rings. The molecule has 0 bridgehead atoms. The lowest BCUT2D eigenvalue weighted by Gasteiger charge is -2.42. The zero-order chi connectivity index (χ0) is 16.7. The number of thiocarbonyl (C=S) groups is 1. The van der Waals surface area contributed by atoms with Crippen molar-refractivity contribution in [3.05, 3.63) is 39.4 Å². The molecule has 0 spiro atoms. The van der Waals surface area contributed by atoms with E-state index >= 15 is 0 Å². The predicted molar refractivity (Wildman–Crippen MR) is 75.1 cm³/mol. The molecule has 1 aliphatic heterocycles. The van der Waals surface area contributed by atoms with E-state index in [1.165, 1.54) is 6.92 Å². The molecule has 2 atom stereocenters. The minimum atomic E-state index is -2.36. The molecule has 22 heavy (non-hydrogen) atoms. The molecule has 0 saturated carbocycles. The van der Waals surface area contributed by atoms with Gasteiger partial charge < -0.3 is 5.32 Å². The van der Waals surface area contributed by atoms with Gasteiger partial charge in [0, 0.05) is 11.6 Å². The van der Waals surface area contributed by atoms with Crippen molar-refractivity contribution in [2.45, 2.75) is 31.0 Å². The lowest BCUT2D eigenvalue weighted by Crippen LogP contribution is -2.57. The summed E-state index contributed by atoms with van der Waals surface area (Å²) in [5.74, 6) is -2.67. The molecule has 9 heteroatoms. The number of nitro groups is 1. The van der Waals surface area contributed by atoms with Crippen LogP contribution in [-0.4, -0.2) is 22.3 Å². The minimum absolute atomic E-state index is 0.106. The third kappa shape index (κ3) is 2.65. The molecule has 1 fully saturated rings. The summed E-state index contributed by atoms with van der Waals surface area (Å²) < 4.78 is 54.4. The first-order valence-corrected chi connectivity index (χ1v) is 6.75. The summed E-state index contributed by atoms with van der Waals surface area (Å²) in [6.07, 6.45) is -0.444. The highest BCUT2D eigenvalue weighted by molar-refractivity contribution is 7.80. The van der Waals surface area contributed by atoms with Crippen LogP contribution in [0.4, 0.5) is 23.2 Å². The summed E-state index contributed by atoms with van der Waals surface area (Å²) in [6, 6.07) is 1.33. The lowest BCUT2D eigenvalue weighted by molar-refractivity contribution is -0.385. The Morgan fingerprint density at radius 2 is 2.05 bits per heavy atom. The highest BCUT2D eigenvalue weighted by atomic mass is 32.1. The SMILES string of the molecule is C[C@@]1(c2cc([N+](=O)[O-])cc(F)c2F)CC[C@@](F)(CF)C(=S)N1. The van der Waals surface area contributed by atoms with Crippen LogP contribution in [-0.2, 0) is 5.54 Å². The van der Waals surface area contributed by atoms with Crippen molar-refractivity contribution in [2.75, 3.05) is 6.67 Å². The fourth-order valence-electron chi connectivity index (χ4n) is 2.40. The predicted octanol–water partition coefficient (Wildman–Crippen LogP) is 3.48. The van der Waals surface area contributed by atoms with Gasteiger partial charge in [-0.3, -0.25) is 10.1 Å². The number of rotatable bonds is 3. The molecule has 0 aromatic heterocycles. The maximum atomic E-state index is 14.1. The van der Waals surface area contributed by atoms with Gasteiger partial charge in [0.05, 0.1) is 16.5 Å². The van der Waals surface area contributed by atoms with E-state index in [0.717, 1.165) is 6.07 Å². The van der Waals surface area contributed by atoms with Crippen molar-refractivity contribution in [1.29, 1.82) is 0 Å². The molecule has 0 aliphatic carbocycles. The highest BCUT2D eigenvalue weighted by Gasteiger charge is 2.47. The van der Waals surface area contributed by atoms with E-state index in [1.807, 2.05) is 0 Å². The van der Waals surface area contributed by atoms with Crippen molar-refractivity contribution in [2.24, 2.45) is 0 Å². The van der Waals surface area contributed by atoms with Crippen molar-refractivity contribution in [1.82, 2.24) is 5.32 Å². The fourth-order valence-corrected chi connectivity index (χ4v) is 2.78. The standard InChI is InChI=1S/C13H12F4N2O2S/c1-12(2-3-13(17,6-14)11(22)18-12)8-4-7(19(20)21)5-9(15)10(8)16/h4-5H,2-3,6H2,1H3,(H,18,22)/t12-,13+/m0/s1. The Labute approximate surface area is 128 Å². The fraction of sp³-hybridized carbons (Fsp3) is 0.462. The Bertz CT molecular complexity index is 657. The van der Waals surface area contributed by atoms with Crippen LogP contribution in [0, 0.1) is 21.7 Å². The maximum absolute atomic E-state index is 14.1. The van der Waals surface area contributed by atoms with Crippen molar-refractivity contribution < 1.29 is 22.5 Å². The quantitative estimate of drug-likeness (QED) is 0.397. The second kappa shape index (κ2) is 5.45. The molecule has 0 amide bonds. The largest absolute Gasteiger partial charge is 0.368 e. The summed E-state index contributed by atoms with van der Waals surface area (Å²) in [5, 5.41) is 13.3. The topological polar surface area (TPSA) is 55.2 Å². The summed E-state index contributed by atoms with van der Waals surface area (Å²) in [5.41, 5.74) is -4.70. The number of hydrogen-bond acceptors (Lipinski definition) is 3. The third-order valence-electron chi connectivity index (χ3n) is 3.85. The van der Waals surface area contributed by atoms with Crippen LogP contribution in [0.2, 0.25) is 0 Å². The van der Waals surface area contributed by atoms with Gasteiger partial charge in [0.2, 0.25) is 0 Å². The maximum Gasteiger partial charge on any atom is 0.272 e. The second-order valence-corrected chi connectivity index (χ2v) is 5.84. The second-order valence-electron chi connectivity index (χ2n) is 5.43. The zero-order valence-corrected chi connectivity index (χ0v) is 12.3. The third-order valence-corrected chi connectivity index (χ3v) is 4.32. The van der Waals surface area contributed by atoms with Gasteiger partial charge in [-0.05, 0) is 19.8 Å². The molecule has 2 rings (SSSR count). The van der Waals surface area contributed by atoms with E-state index < -0.39 is 45.1 Å². The first-order chi connectivity index (χ1) is 10.1. The molecule has 4 nitrogen and oxygen atoms in total. The van der Waals surface area contributed by atoms with Gasteiger partial charge in [-0.25, -0.2) is 17.6 Å².